The van der Waals surface area contributed by atoms with Gasteiger partial charge in [-0.1, -0.05) is 107 Å². The third-order valence-electron chi connectivity index (χ3n) is 6.18. The lowest BCUT2D eigenvalue weighted by Gasteiger charge is -2.42. The lowest BCUT2D eigenvalue weighted by Crippen LogP contribution is -2.43. The Morgan fingerprint density at radius 2 is 1.74 bits per heavy atom. The number of aryl methyl sites for hydroxylation is 1. The predicted molar refractivity (Wildman–Crippen MR) is 157 cm³/mol. The average Bonchev–Trinajstić information content (AvgIpc) is 2.76. The molecule has 1 aromatic rings. The van der Waals surface area contributed by atoms with Gasteiger partial charge in [-0.25, -0.2) is 0 Å². The van der Waals surface area contributed by atoms with E-state index in [0.717, 1.165) is 12.3 Å². The van der Waals surface area contributed by atoms with Gasteiger partial charge in [0.2, 0.25) is 5.91 Å². The normalized spacial score (nSPS) is 13.0. The van der Waals surface area contributed by atoms with Gasteiger partial charge < -0.3 is 14.8 Å². The summed E-state index contributed by atoms with van der Waals surface area (Å²) in [7, 11) is 2.07. The molecule has 0 saturated heterocycles. The first-order valence-corrected chi connectivity index (χ1v) is 18.4. The van der Waals surface area contributed by atoms with Gasteiger partial charge in [0, 0.05) is 10.8 Å². The number of rotatable bonds is 15. The van der Waals surface area contributed by atoms with Crippen molar-refractivity contribution >= 4 is 35.6 Å². The molecule has 0 radical (unpaired) electrons. The van der Waals surface area contributed by atoms with Crippen molar-refractivity contribution in [3.8, 4) is 11.8 Å². The first-order valence-electron chi connectivity index (χ1n) is 12.7. The van der Waals surface area contributed by atoms with Crippen LogP contribution >= 0.6 is 21.6 Å². The van der Waals surface area contributed by atoms with E-state index < -0.39 is 8.07 Å². The van der Waals surface area contributed by atoms with Gasteiger partial charge in [-0.15, -0.1) is 0 Å². The summed E-state index contributed by atoms with van der Waals surface area (Å²) in [6.45, 7) is 21.6. The maximum absolute atomic E-state index is 11.9. The Kier molecular flexibility index (Phi) is 14.7. The fourth-order valence-electron chi connectivity index (χ4n) is 2.80. The number of nitrogens with one attached hydrogen (secondary N) is 1. The molecular weight excluding hydrogens is 491 g/mol. The van der Waals surface area contributed by atoms with Gasteiger partial charge in [0.05, 0.1) is 27.8 Å². The van der Waals surface area contributed by atoms with Gasteiger partial charge in [-0.3, -0.25) is 4.79 Å². The highest BCUT2D eigenvalue weighted by Crippen LogP contribution is 2.51. The van der Waals surface area contributed by atoms with Crippen LogP contribution in [0.5, 0.6) is 0 Å². The molecule has 0 aliphatic heterocycles. The fraction of sp³-hybridized carbons (Fsp3) is 0.679. The molecule has 0 fully saturated rings. The first-order chi connectivity index (χ1) is 16.3. The maximum atomic E-state index is 11.9. The number of hydrogen-bond donors (Lipinski definition) is 1. The Bertz CT molecular complexity index is 808. The van der Waals surface area contributed by atoms with Crippen LogP contribution in [0.2, 0.25) is 24.7 Å². The summed E-state index contributed by atoms with van der Waals surface area (Å²) in [5.41, 5.74) is 1.43. The molecule has 1 N–H and O–H groups in total. The quantitative estimate of drug-likeness (QED) is 0.0838. The van der Waals surface area contributed by atoms with Crippen molar-refractivity contribution in [2.75, 3.05) is 26.4 Å². The third-order valence-corrected chi connectivity index (χ3v) is 13.4. The van der Waals surface area contributed by atoms with E-state index in [4.69, 9.17) is 9.47 Å². The molecule has 1 amide bonds. The zero-order valence-corrected chi connectivity index (χ0v) is 26.0. The van der Waals surface area contributed by atoms with E-state index in [9.17, 15) is 4.79 Å². The standard InChI is InChI=1S/C28H47NO3S2Si/c1-22(2)11-10-18-29-26(30)21-31-19-20-32-27(28(5,6)35(7,8)9)34-33-25-16-14-24(15-17-25)13-12-23(3)4/h14-17,22-23,27H,12-13,18-21H2,1-9H3,(H,29,30). The Hall–Kier alpha value is -0.913. The Morgan fingerprint density at radius 3 is 2.31 bits per heavy atom. The Labute approximate surface area is 223 Å². The van der Waals surface area contributed by atoms with Gasteiger partial charge in [0.1, 0.15) is 12.0 Å². The lowest BCUT2D eigenvalue weighted by molar-refractivity contribution is -0.126. The van der Waals surface area contributed by atoms with Crippen molar-refractivity contribution in [3.63, 3.8) is 0 Å². The molecule has 35 heavy (non-hydrogen) atoms. The summed E-state index contributed by atoms with van der Waals surface area (Å²) in [6, 6.07) is 8.94. The highest BCUT2D eigenvalue weighted by atomic mass is 33.1. The van der Waals surface area contributed by atoms with Crippen LogP contribution in [0.4, 0.5) is 0 Å². The number of carbonyl (C=O) groups is 1. The number of benzene rings is 1. The molecule has 1 rings (SSSR count). The van der Waals surface area contributed by atoms with Crippen LogP contribution in [0.1, 0.15) is 53.5 Å². The van der Waals surface area contributed by atoms with Crippen LogP contribution in [-0.2, 0) is 20.7 Å². The van der Waals surface area contributed by atoms with E-state index in [1.807, 2.05) is 13.8 Å². The molecule has 0 heterocycles. The number of amides is 1. The van der Waals surface area contributed by atoms with E-state index in [0.29, 0.717) is 25.7 Å². The predicted octanol–water partition coefficient (Wildman–Crippen LogP) is 7.27. The van der Waals surface area contributed by atoms with E-state index in [-0.39, 0.29) is 23.0 Å². The van der Waals surface area contributed by atoms with Crippen LogP contribution in [0.15, 0.2) is 29.2 Å². The molecular formula is C28H47NO3S2Si. The minimum absolute atomic E-state index is 0.0276. The second-order valence-electron chi connectivity index (χ2n) is 11.2. The summed E-state index contributed by atoms with van der Waals surface area (Å²) in [6.07, 6.45) is 2.35. The number of ether oxygens (including phenoxy) is 2. The van der Waals surface area contributed by atoms with Gasteiger partial charge in [-0.2, -0.15) is 0 Å². The highest BCUT2D eigenvalue weighted by molar-refractivity contribution is 8.76. The molecule has 1 aromatic carbocycles. The topological polar surface area (TPSA) is 47.6 Å². The maximum Gasteiger partial charge on any atom is 0.246 e. The molecule has 4 nitrogen and oxygen atoms in total. The second kappa shape index (κ2) is 16.0. The Morgan fingerprint density at radius 1 is 1.09 bits per heavy atom. The zero-order valence-electron chi connectivity index (χ0n) is 23.3. The molecule has 0 aliphatic carbocycles. The monoisotopic (exact) mass is 537 g/mol. The second-order valence-corrected chi connectivity index (χ2v) is 19.4. The fourth-order valence-corrected chi connectivity index (χ4v) is 7.74. The zero-order chi connectivity index (χ0) is 26.5. The summed E-state index contributed by atoms with van der Waals surface area (Å²) in [5, 5.41) is 2.82. The summed E-state index contributed by atoms with van der Waals surface area (Å²) < 4.78 is 11.9. The van der Waals surface area contributed by atoms with Crippen molar-refractivity contribution in [1.29, 1.82) is 0 Å². The molecule has 0 saturated carbocycles. The van der Waals surface area contributed by atoms with Crippen LogP contribution in [0.3, 0.4) is 0 Å². The minimum atomic E-state index is -1.51. The van der Waals surface area contributed by atoms with Crippen LogP contribution in [-0.4, -0.2) is 45.8 Å². The van der Waals surface area contributed by atoms with Crippen molar-refractivity contribution < 1.29 is 14.3 Å². The largest absolute Gasteiger partial charge is 0.369 e. The summed E-state index contributed by atoms with van der Waals surface area (Å²) in [5.74, 6) is 6.85. The molecule has 198 valence electrons. The minimum Gasteiger partial charge on any atom is -0.369 e. The van der Waals surface area contributed by atoms with E-state index in [1.165, 1.54) is 16.9 Å². The van der Waals surface area contributed by atoms with Gasteiger partial charge >= 0.3 is 0 Å². The number of hydrogen-bond acceptors (Lipinski definition) is 5. The molecule has 0 bridgehead atoms. The van der Waals surface area contributed by atoms with Crippen molar-refractivity contribution in [2.24, 2.45) is 11.8 Å². The lowest BCUT2D eigenvalue weighted by atomic mass is 10.0. The summed E-state index contributed by atoms with van der Waals surface area (Å²) in [4.78, 5) is 13.1. The van der Waals surface area contributed by atoms with Crippen LogP contribution in [0.25, 0.3) is 0 Å². The van der Waals surface area contributed by atoms with Crippen molar-refractivity contribution in [1.82, 2.24) is 5.32 Å². The summed E-state index contributed by atoms with van der Waals surface area (Å²) >= 11 is 0. The molecule has 0 aliphatic rings. The smallest absolute Gasteiger partial charge is 0.246 e. The van der Waals surface area contributed by atoms with E-state index in [2.05, 4.69) is 88.8 Å². The van der Waals surface area contributed by atoms with E-state index in [1.54, 1.807) is 21.6 Å². The van der Waals surface area contributed by atoms with Crippen LogP contribution < -0.4 is 5.32 Å². The molecule has 7 heteroatoms. The van der Waals surface area contributed by atoms with Crippen LogP contribution in [0, 0.1) is 23.7 Å². The number of carbonyl (C=O) groups excluding carboxylic acids is 1. The third kappa shape index (κ3) is 13.3. The molecule has 1 unspecified atom stereocenters. The molecule has 1 atom stereocenters. The van der Waals surface area contributed by atoms with Crippen molar-refractivity contribution in [3.05, 3.63) is 29.8 Å². The van der Waals surface area contributed by atoms with E-state index >= 15 is 0 Å². The first kappa shape index (κ1) is 32.1. The highest BCUT2D eigenvalue weighted by Gasteiger charge is 2.42. The SMILES string of the molecule is CC(C)C#CCNC(=O)COCCOC(SSc1ccc(CCC(C)C)cc1)C(C)(C)[Si](C)(C)C. The van der Waals surface area contributed by atoms with Gasteiger partial charge in [0.15, 0.2) is 0 Å². The average molecular weight is 538 g/mol. The van der Waals surface area contributed by atoms with Gasteiger partial charge in [-0.05, 0) is 41.5 Å². The molecule has 0 aromatic heterocycles. The Balaban J connectivity index is 2.56. The van der Waals surface area contributed by atoms with Gasteiger partial charge in [0.25, 0.3) is 0 Å². The molecule has 0 spiro atoms. The van der Waals surface area contributed by atoms with Crippen molar-refractivity contribution in [2.45, 2.75) is 89.4 Å².